The number of carbonyl (C=O) groups excluding carboxylic acids is 1. The van der Waals surface area contributed by atoms with Crippen LogP contribution in [0.4, 0.5) is 13.2 Å². The molecule has 1 fully saturated rings. The Bertz CT molecular complexity index is 818. The van der Waals surface area contributed by atoms with Crippen LogP contribution in [0.2, 0.25) is 0 Å². The highest BCUT2D eigenvalue weighted by atomic mass is 19.4. The van der Waals surface area contributed by atoms with E-state index in [0.29, 0.717) is 18.1 Å². The molecule has 2 aromatic rings. The first-order valence-corrected chi connectivity index (χ1v) is 7.74. The second-order valence-electron chi connectivity index (χ2n) is 5.79. The summed E-state index contributed by atoms with van der Waals surface area (Å²) in [5.74, 6) is -1.76. The van der Waals surface area contributed by atoms with E-state index in [0.717, 1.165) is 0 Å². The molecule has 0 spiro atoms. The van der Waals surface area contributed by atoms with Crippen LogP contribution in [0.3, 0.4) is 0 Å². The van der Waals surface area contributed by atoms with Crippen LogP contribution in [0.15, 0.2) is 6.07 Å². The van der Waals surface area contributed by atoms with Crippen LogP contribution in [0, 0.1) is 19.8 Å². The van der Waals surface area contributed by atoms with Crippen LogP contribution in [0.25, 0.3) is 5.82 Å². The lowest BCUT2D eigenvalue weighted by Gasteiger charge is -2.10. The van der Waals surface area contributed by atoms with Crippen molar-refractivity contribution in [1.29, 1.82) is 0 Å². The smallest absolute Gasteiger partial charge is 0.451 e. The lowest BCUT2D eigenvalue weighted by Crippen LogP contribution is -2.16. The topological polar surface area (TPSA) is 82.8 Å². The Balaban J connectivity index is 2.01. The van der Waals surface area contributed by atoms with Gasteiger partial charge in [0, 0.05) is 12.0 Å². The van der Waals surface area contributed by atoms with Gasteiger partial charge in [0.2, 0.25) is 5.82 Å². The normalized spacial score (nSPS) is 19.8. The van der Waals surface area contributed by atoms with Crippen molar-refractivity contribution >= 4 is 5.97 Å². The molecular formula is C15H16F3N5O2. The van der Waals surface area contributed by atoms with Gasteiger partial charge in [-0.3, -0.25) is 4.79 Å². The van der Waals surface area contributed by atoms with Crippen molar-refractivity contribution < 1.29 is 22.7 Å². The first-order valence-electron chi connectivity index (χ1n) is 7.74. The van der Waals surface area contributed by atoms with Gasteiger partial charge in [0.25, 0.3) is 0 Å². The number of nitrogens with zero attached hydrogens (tertiary/aromatic N) is 5. The standard InChI is InChI=1S/C15H16F3N5O2/c1-4-25-13(24)10-5-9(10)11-6-12(21-14(20-11)15(16,17)18)23-8(3)19-7(2)22-23/h6,9-10H,4-5H2,1-3H3. The Morgan fingerprint density at radius 3 is 2.60 bits per heavy atom. The molecule has 0 amide bonds. The quantitative estimate of drug-likeness (QED) is 0.783. The van der Waals surface area contributed by atoms with Gasteiger partial charge in [-0.15, -0.1) is 5.10 Å². The van der Waals surface area contributed by atoms with Crippen LogP contribution in [0.5, 0.6) is 0 Å². The van der Waals surface area contributed by atoms with E-state index < -0.39 is 29.8 Å². The fraction of sp³-hybridized carbons (Fsp3) is 0.533. The molecule has 2 unspecified atom stereocenters. The second-order valence-corrected chi connectivity index (χ2v) is 5.79. The molecule has 1 saturated carbocycles. The molecule has 2 aromatic heterocycles. The molecule has 0 aromatic carbocycles. The molecule has 1 aliphatic rings. The maximum atomic E-state index is 13.2. The third-order valence-electron chi connectivity index (χ3n) is 3.84. The summed E-state index contributed by atoms with van der Waals surface area (Å²) in [6.07, 6.45) is -4.30. The highest BCUT2D eigenvalue weighted by Crippen LogP contribution is 2.48. The molecule has 0 aliphatic heterocycles. The highest BCUT2D eigenvalue weighted by molar-refractivity contribution is 5.77. The minimum absolute atomic E-state index is 0.0232. The molecule has 1 aliphatic carbocycles. The minimum atomic E-state index is -4.71. The number of rotatable bonds is 4. The van der Waals surface area contributed by atoms with Gasteiger partial charge in [-0.25, -0.2) is 15.0 Å². The van der Waals surface area contributed by atoms with E-state index in [1.807, 2.05) is 0 Å². The number of hydrogen-bond donors (Lipinski definition) is 0. The van der Waals surface area contributed by atoms with Crippen molar-refractivity contribution in [2.24, 2.45) is 5.92 Å². The number of esters is 1. The Morgan fingerprint density at radius 1 is 1.32 bits per heavy atom. The summed E-state index contributed by atoms with van der Waals surface area (Å²) in [5.41, 5.74) is 0.155. The molecule has 0 radical (unpaired) electrons. The zero-order valence-corrected chi connectivity index (χ0v) is 13.8. The zero-order valence-electron chi connectivity index (χ0n) is 13.8. The molecule has 2 heterocycles. The summed E-state index contributed by atoms with van der Waals surface area (Å²) < 4.78 is 45.7. The van der Waals surface area contributed by atoms with Crippen LogP contribution in [-0.2, 0) is 15.7 Å². The van der Waals surface area contributed by atoms with E-state index in [2.05, 4.69) is 20.1 Å². The Kier molecular flexibility index (Phi) is 4.21. The molecule has 25 heavy (non-hydrogen) atoms. The van der Waals surface area contributed by atoms with Crippen molar-refractivity contribution in [2.45, 2.75) is 39.3 Å². The van der Waals surface area contributed by atoms with Crippen molar-refractivity contribution in [3.05, 3.63) is 29.2 Å². The molecule has 10 heteroatoms. The first kappa shape index (κ1) is 17.3. The van der Waals surface area contributed by atoms with Gasteiger partial charge in [-0.2, -0.15) is 17.9 Å². The number of hydrogen-bond acceptors (Lipinski definition) is 6. The number of ether oxygens (including phenoxy) is 1. The van der Waals surface area contributed by atoms with Crippen LogP contribution >= 0.6 is 0 Å². The summed E-state index contributed by atoms with van der Waals surface area (Å²) in [6, 6.07) is 1.42. The van der Waals surface area contributed by atoms with Gasteiger partial charge >= 0.3 is 12.1 Å². The average Bonchev–Trinajstić information content (AvgIpc) is 3.25. The fourth-order valence-electron chi connectivity index (χ4n) is 2.65. The number of aromatic nitrogens is 5. The van der Waals surface area contributed by atoms with E-state index in [-0.39, 0.29) is 18.1 Å². The summed E-state index contributed by atoms with van der Waals surface area (Å²) >= 11 is 0. The van der Waals surface area contributed by atoms with E-state index >= 15 is 0 Å². The average molecular weight is 355 g/mol. The number of aryl methyl sites for hydroxylation is 2. The monoisotopic (exact) mass is 355 g/mol. The lowest BCUT2D eigenvalue weighted by atomic mass is 10.2. The molecule has 3 rings (SSSR count). The fourth-order valence-corrected chi connectivity index (χ4v) is 2.65. The lowest BCUT2D eigenvalue weighted by molar-refractivity contribution is -0.145. The molecule has 134 valence electrons. The summed E-state index contributed by atoms with van der Waals surface area (Å²) in [7, 11) is 0. The molecule has 2 atom stereocenters. The SMILES string of the molecule is CCOC(=O)C1CC1c1cc(-n2nc(C)nc2C)nc(C(F)(F)F)n1. The molecule has 0 saturated heterocycles. The summed E-state index contributed by atoms with van der Waals surface area (Å²) in [6.45, 7) is 5.15. The third-order valence-corrected chi connectivity index (χ3v) is 3.84. The van der Waals surface area contributed by atoms with Gasteiger partial charge in [-0.05, 0) is 27.2 Å². The van der Waals surface area contributed by atoms with Gasteiger partial charge in [-0.1, -0.05) is 0 Å². The minimum Gasteiger partial charge on any atom is -0.466 e. The van der Waals surface area contributed by atoms with E-state index in [9.17, 15) is 18.0 Å². The van der Waals surface area contributed by atoms with E-state index in [1.54, 1.807) is 20.8 Å². The maximum Gasteiger partial charge on any atom is 0.451 e. The summed E-state index contributed by atoms with van der Waals surface area (Å²) in [4.78, 5) is 23.0. The Hall–Kier alpha value is -2.52. The molecule has 0 N–H and O–H groups in total. The second kappa shape index (κ2) is 6.08. The van der Waals surface area contributed by atoms with Crippen LogP contribution in [-0.4, -0.2) is 37.3 Å². The van der Waals surface area contributed by atoms with Crippen molar-refractivity contribution in [3.8, 4) is 5.82 Å². The van der Waals surface area contributed by atoms with Crippen LogP contribution in [0.1, 0.15) is 42.4 Å². The van der Waals surface area contributed by atoms with E-state index in [1.165, 1.54) is 10.7 Å². The van der Waals surface area contributed by atoms with Gasteiger partial charge in [0.15, 0.2) is 5.82 Å². The van der Waals surface area contributed by atoms with Gasteiger partial charge in [0.1, 0.15) is 11.6 Å². The number of alkyl halides is 3. The highest BCUT2D eigenvalue weighted by Gasteiger charge is 2.47. The molecule has 7 nitrogen and oxygen atoms in total. The van der Waals surface area contributed by atoms with Gasteiger partial charge < -0.3 is 4.74 Å². The zero-order chi connectivity index (χ0) is 18.4. The first-order chi connectivity index (χ1) is 11.7. The number of carbonyl (C=O) groups is 1. The Morgan fingerprint density at radius 2 is 2.04 bits per heavy atom. The predicted molar refractivity (Wildman–Crippen MR) is 78.9 cm³/mol. The largest absolute Gasteiger partial charge is 0.466 e. The molecular weight excluding hydrogens is 339 g/mol. The van der Waals surface area contributed by atoms with Crippen molar-refractivity contribution in [1.82, 2.24) is 24.7 Å². The van der Waals surface area contributed by atoms with Crippen molar-refractivity contribution in [3.63, 3.8) is 0 Å². The molecule has 0 bridgehead atoms. The van der Waals surface area contributed by atoms with Gasteiger partial charge in [0.05, 0.1) is 18.2 Å². The maximum absolute atomic E-state index is 13.2. The summed E-state index contributed by atoms with van der Waals surface area (Å²) in [5, 5.41) is 4.06. The number of halogens is 3. The van der Waals surface area contributed by atoms with Crippen molar-refractivity contribution in [2.75, 3.05) is 6.61 Å². The third kappa shape index (κ3) is 3.47. The van der Waals surface area contributed by atoms with E-state index in [4.69, 9.17) is 4.74 Å². The van der Waals surface area contributed by atoms with Crippen LogP contribution < -0.4 is 0 Å². The predicted octanol–water partition coefficient (Wildman–Crippen LogP) is 2.36. The Labute approximate surface area is 141 Å².